The number of urea groups is 1. The fourth-order valence-electron chi connectivity index (χ4n) is 2.50. The number of amides is 2. The van der Waals surface area contributed by atoms with Crippen LogP contribution in [0.15, 0.2) is 24.3 Å². The molecule has 0 atom stereocenters. The summed E-state index contributed by atoms with van der Waals surface area (Å²) >= 11 is 0. The Balaban J connectivity index is 2.05. The van der Waals surface area contributed by atoms with E-state index in [1.165, 1.54) is 17.0 Å². The van der Waals surface area contributed by atoms with Gasteiger partial charge in [0, 0.05) is 13.1 Å². The number of rotatable bonds is 5. The van der Waals surface area contributed by atoms with E-state index in [1.807, 2.05) is 0 Å². The number of hydrogen-bond acceptors (Lipinski definition) is 2. The van der Waals surface area contributed by atoms with Crippen molar-refractivity contribution in [1.29, 1.82) is 0 Å². The third-order valence-electron chi connectivity index (χ3n) is 4.05. The average Bonchev–Trinajstić information content (AvgIpc) is 2.40. The molecular formula is C15H19FN2O3. The van der Waals surface area contributed by atoms with E-state index in [0.717, 1.165) is 6.42 Å². The first-order chi connectivity index (χ1) is 10.00. The van der Waals surface area contributed by atoms with E-state index in [4.69, 9.17) is 0 Å². The van der Waals surface area contributed by atoms with Crippen LogP contribution in [-0.4, -0.2) is 30.2 Å². The molecule has 0 saturated heterocycles. The van der Waals surface area contributed by atoms with Crippen LogP contribution in [0.2, 0.25) is 0 Å². The molecular weight excluding hydrogens is 275 g/mol. The van der Waals surface area contributed by atoms with E-state index in [2.05, 4.69) is 5.32 Å². The highest BCUT2D eigenvalue weighted by Gasteiger charge is 2.44. The summed E-state index contributed by atoms with van der Waals surface area (Å²) in [6, 6.07) is 5.54. The quantitative estimate of drug-likeness (QED) is 0.877. The minimum atomic E-state index is -0.886. The van der Waals surface area contributed by atoms with Crippen LogP contribution >= 0.6 is 0 Å². The molecule has 1 aromatic carbocycles. The molecule has 1 saturated carbocycles. The van der Waals surface area contributed by atoms with Gasteiger partial charge in [-0.2, -0.15) is 0 Å². The van der Waals surface area contributed by atoms with Crippen LogP contribution in [0.5, 0.6) is 0 Å². The van der Waals surface area contributed by atoms with Crippen molar-refractivity contribution in [2.24, 2.45) is 5.41 Å². The van der Waals surface area contributed by atoms with Gasteiger partial charge in [0.1, 0.15) is 5.82 Å². The predicted octanol–water partition coefficient (Wildman–Crippen LogP) is 2.62. The van der Waals surface area contributed by atoms with Gasteiger partial charge in [-0.1, -0.05) is 18.6 Å². The Morgan fingerprint density at radius 1 is 1.38 bits per heavy atom. The SMILES string of the molecule is CCN(C(=O)NCC1(C(=O)O)CCC1)c1ccccc1F. The van der Waals surface area contributed by atoms with Gasteiger partial charge < -0.3 is 10.4 Å². The average molecular weight is 294 g/mol. The number of carbonyl (C=O) groups excluding carboxylic acids is 1. The Kier molecular flexibility index (Phi) is 4.45. The van der Waals surface area contributed by atoms with Gasteiger partial charge in [-0.15, -0.1) is 0 Å². The number of halogens is 1. The molecule has 21 heavy (non-hydrogen) atoms. The number of benzene rings is 1. The molecule has 2 N–H and O–H groups in total. The first kappa shape index (κ1) is 15.3. The highest BCUT2D eigenvalue weighted by molar-refractivity contribution is 5.92. The normalized spacial score (nSPS) is 15.9. The zero-order valence-electron chi connectivity index (χ0n) is 11.9. The Morgan fingerprint density at radius 2 is 2.05 bits per heavy atom. The molecule has 2 rings (SSSR count). The molecule has 0 spiro atoms. The molecule has 6 heteroatoms. The van der Waals surface area contributed by atoms with E-state index in [1.54, 1.807) is 19.1 Å². The third kappa shape index (κ3) is 2.99. The summed E-state index contributed by atoms with van der Waals surface area (Å²) in [7, 11) is 0. The molecule has 1 aliphatic carbocycles. The van der Waals surface area contributed by atoms with Crippen LogP contribution in [0, 0.1) is 11.2 Å². The van der Waals surface area contributed by atoms with Crippen LogP contribution in [0.1, 0.15) is 26.2 Å². The number of anilines is 1. The van der Waals surface area contributed by atoms with Gasteiger partial charge >= 0.3 is 12.0 Å². The van der Waals surface area contributed by atoms with E-state index in [-0.39, 0.29) is 12.2 Å². The standard InChI is InChI=1S/C15H19FN2O3/c1-2-18(12-7-4-3-6-11(12)16)14(21)17-10-15(13(19)20)8-5-9-15/h3-4,6-7H,2,5,8-10H2,1H3,(H,17,21)(H,19,20). The number of carboxylic acid groups (broad SMARTS) is 1. The number of nitrogens with one attached hydrogen (secondary N) is 1. The lowest BCUT2D eigenvalue weighted by molar-refractivity contribution is -0.153. The zero-order chi connectivity index (χ0) is 15.5. The molecule has 2 amide bonds. The van der Waals surface area contributed by atoms with Gasteiger partial charge in [0.2, 0.25) is 0 Å². The van der Waals surface area contributed by atoms with Gasteiger partial charge in [0.15, 0.2) is 0 Å². The van der Waals surface area contributed by atoms with Crippen molar-refractivity contribution >= 4 is 17.7 Å². The van der Waals surface area contributed by atoms with E-state index < -0.39 is 23.2 Å². The summed E-state index contributed by atoms with van der Waals surface area (Å²) in [6.07, 6.45) is 1.98. The van der Waals surface area contributed by atoms with Crippen molar-refractivity contribution in [3.8, 4) is 0 Å². The van der Waals surface area contributed by atoms with Crippen molar-refractivity contribution < 1.29 is 19.1 Å². The lowest BCUT2D eigenvalue weighted by Gasteiger charge is -2.38. The van der Waals surface area contributed by atoms with Crippen molar-refractivity contribution in [2.75, 3.05) is 18.0 Å². The molecule has 0 aliphatic heterocycles. The summed E-state index contributed by atoms with van der Waals surface area (Å²) < 4.78 is 13.8. The summed E-state index contributed by atoms with van der Waals surface area (Å²) in [6.45, 7) is 2.11. The summed E-state index contributed by atoms with van der Waals surface area (Å²) in [5.74, 6) is -1.37. The Morgan fingerprint density at radius 3 is 2.52 bits per heavy atom. The fourth-order valence-corrected chi connectivity index (χ4v) is 2.50. The predicted molar refractivity (Wildman–Crippen MR) is 76.7 cm³/mol. The maximum absolute atomic E-state index is 13.8. The second kappa shape index (κ2) is 6.11. The van der Waals surface area contributed by atoms with Crippen molar-refractivity contribution in [2.45, 2.75) is 26.2 Å². The van der Waals surface area contributed by atoms with Crippen molar-refractivity contribution in [3.05, 3.63) is 30.1 Å². The highest BCUT2D eigenvalue weighted by atomic mass is 19.1. The van der Waals surface area contributed by atoms with Crippen LogP contribution in [0.4, 0.5) is 14.9 Å². The van der Waals surface area contributed by atoms with Crippen molar-refractivity contribution in [1.82, 2.24) is 5.32 Å². The summed E-state index contributed by atoms with van der Waals surface area (Å²) in [5.41, 5.74) is -0.667. The maximum atomic E-state index is 13.8. The monoisotopic (exact) mass is 294 g/mol. The minimum absolute atomic E-state index is 0.0755. The lowest BCUT2D eigenvalue weighted by Crippen LogP contribution is -2.50. The summed E-state index contributed by atoms with van der Waals surface area (Å²) in [5, 5.41) is 11.9. The fraction of sp³-hybridized carbons (Fsp3) is 0.467. The highest BCUT2D eigenvalue weighted by Crippen LogP contribution is 2.40. The van der Waals surface area contributed by atoms with Gasteiger partial charge in [-0.3, -0.25) is 9.69 Å². The number of aliphatic carboxylic acids is 1. The van der Waals surface area contributed by atoms with Crippen LogP contribution in [0.3, 0.4) is 0 Å². The van der Waals surface area contributed by atoms with Crippen LogP contribution < -0.4 is 10.2 Å². The molecule has 5 nitrogen and oxygen atoms in total. The molecule has 0 bridgehead atoms. The molecule has 1 aliphatic rings. The molecule has 114 valence electrons. The Bertz CT molecular complexity index is 543. The zero-order valence-corrected chi connectivity index (χ0v) is 11.9. The number of para-hydroxylation sites is 1. The largest absolute Gasteiger partial charge is 0.481 e. The molecule has 0 aromatic heterocycles. The smallest absolute Gasteiger partial charge is 0.321 e. The van der Waals surface area contributed by atoms with Gasteiger partial charge in [-0.05, 0) is 31.9 Å². The molecule has 0 heterocycles. The van der Waals surface area contributed by atoms with Crippen molar-refractivity contribution in [3.63, 3.8) is 0 Å². The van der Waals surface area contributed by atoms with Gasteiger partial charge in [0.05, 0.1) is 11.1 Å². The molecule has 0 radical (unpaired) electrons. The third-order valence-corrected chi connectivity index (χ3v) is 4.05. The number of hydrogen-bond donors (Lipinski definition) is 2. The molecule has 0 unspecified atom stereocenters. The van der Waals surface area contributed by atoms with E-state index in [9.17, 15) is 19.1 Å². The van der Waals surface area contributed by atoms with E-state index in [0.29, 0.717) is 19.4 Å². The lowest BCUT2D eigenvalue weighted by atomic mass is 9.69. The summed E-state index contributed by atoms with van der Waals surface area (Å²) in [4.78, 5) is 24.7. The molecule has 1 fully saturated rings. The van der Waals surface area contributed by atoms with Crippen LogP contribution in [-0.2, 0) is 4.79 Å². The Hall–Kier alpha value is -2.11. The first-order valence-electron chi connectivity index (χ1n) is 7.03. The van der Waals surface area contributed by atoms with E-state index >= 15 is 0 Å². The topological polar surface area (TPSA) is 69.6 Å². The Labute approximate surface area is 122 Å². The van der Waals surface area contributed by atoms with Crippen LogP contribution in [0.25, 0.3) is 0 Å². The molecule has 1 aromatic rings. The second-order valence-electron chi connectivity index (χ2n) is 5.29. The van der Waals surface area contributed by atoms with Gasteiger partial charge in [-0.25, -0.2) is 9.18 Å². The maximum Gasteiger partial charge on any atom is 0.321 e. The number of carbonyl (C=O) groups is 2. The number of carboxylic acids is 1. The number of nitrogens with zero attached hydrogens (tertiary/aromatic N) is 1. The van der Waals surface area contributed by atoms with Gasteiger partial charge in [0.25, 0.3) is 0 Å². The minimum Gasteiger partial charge on any atom is -0.481 e. The second-order valence-corrected chi connectivity index (χ2v) is 5.29. The first-order valence-corrected chi connectivity index (χ1v) is 7.03.